The lowest BCUT2D eigenvalue weighted by atomic mass is 10.0. The highest BCUT2D eigenvalue weighted by atomic mass is 16.5. The highest BCUT2D eigenvalue weighted by Gasteiger charge is 2.22. The van der Waals surface area contributed by atoms with Crippen LogP contribution in [0, 0.1) is 5.92 Å². The molecule has 1 aromatic carbocycles. The van der Waals surface area contributed by atoms with Crippen LogP contribution in [0.1, 0.15) is 32.1 Å². The second-order valence-electron chi connectivity index (χ2n) is 8.22. The molecule has 8 nitrogen and oxygen atoms in total. The summed E-state index contributed by atoms with van der Waals surface area (Å²) in [5, 5.41) is 12.6. The molecule has 0 bridgehead atoms. The van der Waals surface area contributed by atoms with Crippen LogP contribution in [0.4, 0.5) is 0 Å². The van der Waals surface area contributed by atoms with Crippen molar-refractivity contribution >= 4 is 22.5 Å². The molecule has 32 heavy (non-hydrogen) atoms. The Morgan fingerprint density at radius 2 is 1.97 bits per heavy atom. The van der Waals surface area contributed by atoms with Gasteiger partial charge in [0.05, 0.1) is 18.2 Å². The Hall–Kier alpha value is -3.39. The van der Waals surface area contributed by atoms with Crippen molar-refractivity contribution in [3.8, 4) is 5.75 Å². The molecule has 0 radical (unpaired) electrons. The number of ether oxygens (including phenoxy) is 2. The summed E-state index contributed by atoms with van der Waals surface area (Å²) in [7, 11) is 1.69. The van der Waals surface area contributed by atoms with E-state index in [-0.39, 0.29) is 18.6 Å². The van der Waals surface area contributed by atoms with Gasteiger partial charge < -0.3 is 19.4 Å². The highest BCUT2D eigenvalue weighted by Crippen LogP contribution is 2.27. The first kappa shape index (κ1) is 21.8. The maximum Gasteiger partial charge on any atom is 0.258 e. The van der Waals surface area contributed by atoms with Crippen molar-refractivity contribution < 1.29 is 14.3 Å². The highest BCUT2D eigenvalue weighted by molar-refractivity contribution is 5.87. The van der Waals surface area contributed by atoms with Crippen LogP contribution >= 0.6 is 0 Å². The minimum atomic E-state index is -0.255. The number of nitrogens with one attached hydrogen (secondary N) is 1. The molecule has 1 amide bonds. The Morgan fingerprint density at radius 3 is 2.78 bits per heavy atom. The fourth-order valence-corrected chi connectivity index (χ4v) is 3.88. The van der Waals surface area contributed by atoms with Crippen molar-refractivity contribution in [1.82, 2.24) is 24.5 Å². The maximum absolute atomic E-state index is 12.8. The lowest BCUT2D eigenvalue weighted by Crippen LogP contribution is -2.34. The van der Waals surface area contributed by atoms with Gasteiger partial charge in [-0.15, -0.1) is 10.2 Å². The molecule has 0 saturated heterocycles. The van der Waals surface area contributed by atoms with Crippen LogP contribution in [0.25, 0.3) is 16.6 Å². The first-order valence-electron chi connectivity index (χ1n) is 10.9. The smallest absolute Gasteiger partial charge is 0.258 e. The second kappa shape index (κ2) is 9.82. The van der Waals surface area contributed by atoms with Crippen molar-refractivity contribution in [3.63, 3.8) is 0 Å². The lowest BCUT2D eigenvalue weighted by molar-refractivity contribution is -0.124. The molecule has 168 valence electrons. The molecule has 0 aliphatic rings. The first-order chi connectivity index (χ1) is 15.6. The number of nitrogens with zero attached hydrogens (tertiary/aromatic N) is 4. The Balaban J connectivity index is 1.47. The van der Waals surface area contributed by atoms with Crippen molar-refractivity contribution in [1.29, 1.82) is 0 Å². The van der Waals surface area contributed by atoms with Crippen LogP contribution in [-0.2, 0) is 16.1 Å². The number of pyridine rings is 1. The van der Waals surface area contributed by atoms with Gasteiger partial charge in [0.2, 0.25) is 0 Å². The number of carbonyl (C=O) groups is 1. The molecule has 1 N–H and O–H groups in total. The molecular weight excluding hydrogens is 406 g/mol. The number of fused-ring (bicyclic) bond motifs is 2. The van der Waals surface area contributed by atoms with Gasteiger partial charge >= 0.3 is 0 Å². The van der Waals surface area contributed by atoms with Crippen molar-refractivity contribution in [2.24, 2.45) is 5.92 Å². The quantitative estimate of drug-likeness (QED) is 0.411. The third-order valence-electron chi connectivity index (χ3n) is 5.36. The molecule has 0 aliphatic carbocycles. The fourth-order valence-electron chi connectivity index (χ4n) is 3.88. The molecule has 3 aromatic heterocycles. The van der Waals surface area contributed by atoms with E-state index in [0.29, 0.717) is 18.3 Å². The predicted molar refractivity (Wildman–Crippen MR) is 123 cm³/mol. The average molecular weight is 436 g/mol. The largest absolute Gasteiger partial charge is 0.483 e. The van der Waals surface area contributed by atoms with Crippen molar-refractivity contribution in [2.75, 3.05) is 20.3 Å². The van der Waals surface area contributed by atoms with E-state index in [1.54, 1.807) is 7.11 Å². The number of carbonyl (C=O) groups excluding carboxylic acids is 1. The molecule has 0 unspecified atom stereocenters. The van der Waals surface area contributed by atoms with Gasteiger partial charge in [0.1, 0.15) is 5.75 Å². The molecule has 8 heteroatoms. The van der Waals surface area contributed by atoms with Gasteiger partial charge in [0, 0.05) is 31.4 Å². The van der Waals surface area contributed by atoms with E-state index in [1.165, 1.54) is 0 Å². The molecular formula is C24H29N5O3. The number of aromatic nitrogens is 4. The molecule has 0 spiro atoms. The molecule has 0 aliphatic heterocycles. The summed E-state index contributed by atoms with van der Waals surface area (Å²) in [5.74, 6) is 1.58. The van der Waals surface area contributed by atoms with Crippen molar-refractivity contribution in [2.45, 2.75) is 32.9 Å². The normalized spacial score (nSPS) is 12.5. The molecule has 1 atom stereocenters. The minimum absolute atomic E-state index is 0.0757. The lowest BCUT2D eigenvalue weighted by Gasteiger charge is -2.19. The van der Waals surface area contributed by atoms with E-state index in [4.69, 9.17) is 9.47 Å². The van der Waals surface area contributed by atoms with Crippen molar-refractivity contribution in [3.05, 3.63) is 60.7 Å². The summed E-state index contributed by atoms with van der Waals surface area (Å²) >= 11 is 0. The van der Waals surface area contributed by atoms with Gasteiger partial charge in [-0.25, -0.2) is 0 Å². The monoisotopic (exact) mass is 435 g/mol. The van der Waals surface area contributed by atoms with Gasteiger partial charge in [-0.2, -0.15) is 0 Å². The topological polar surface area (TPSA) is 82.7 Å². The number of amides is 1. The minimum Gasteiger partial charge on any atom is -0.483 e. The maximum atomic E-state index is 12.8. The van der Waals surface area contributed by atoms with Gasteiger partial charge in [0.25, 0.3) is 5.91 Å². The SMILES string of the molecule is COCCn1ccc2c(OCC(=O)N[C@@H](CC(C)C)c3nnc4ccccn34)cccc21. The second-order valence-corrected chi connectivity index (χ2v) is 8.22. The van der Waals surface area contributed by atoms with Gasteiger partial charge in [-0.05, 0) is 42.7 Å². The zero-order chi connectivity index (χ0) is 22.5. The van der Waals surface area contributed by atoms with E-state index in [1.807, 2.05) is 59.3 Å². The van der Waals surface area contributed by atoms with Gasteiger partial charge in [0.15, 0.2) is 18.1 Å². The molecule has 0 fully saturated rings. The van der Waals surface area contributed by atoms with Gasteiger partial charge in [-0.1, -0.05) is 26.0 Å². The standard InChI is InChI=1S/C24H29N5O3/c1-17(2)15-19(24-27-26-22-9-4-5-11-29(22)24)25-23(30)16-32-21-8-6-7-20-18(21)10-12-28(20)13-14-31-3/h4-12,17,19H,13-16H2,1-3H3,(H,25,30)/t19-/m0/s1. The molecule has 4 rings (SSSR count). The summed E-state index contributed by atoms with van der Waals surface area (Å²) in [6.45, 7) is 5.55. The zero-order valence-corrected chi connectivity index (χ0v) is 18.7. The molecule has 0 saturated carbocycles. The summed E-state index contributed by atoms with van der Waals surface area (Å²) in [4.78, 5) is 12.8. The van der Waals surface area contributed by atoms with E-state index in [0.717, 1.165) is 35.3 Å². The average Bonchev–Trinajstić information content (AvgIpc) is 3.40. The Morgan fingerprint density at radius 1 is 1.09 bits per heavy atom. The first-order valence-corrected chi connectivity index (χ1v) is 10.9. The Kier molecular flexibility index (Phi) is 6.70. The van der Waals surface area contributed by atoms with E-state index in [2.05, 4.69) is 33.9 Å². The Bertz CT molecular complexity index is 1200. The zero-order valence-electron chi connectivity index (χ0n) is 18.7. The third kappa shape index (κ3) is 4.75. The van der Waals surface area contributed by atoms with E-state index in [9.17, 15) is 4.79 Å². The number of hydrogen-bond acceptors (Lipinski definition) is 5. The van der Waals surface area contributed by atoms with Crippen LogP contribution in [0.3, 0.4) is 0 Å². The summed E-state index contributed by atoms with van der Waals surface area (Å²) in [6, 6.07) is 13.3. The van der Waals surface area contributed by atoms with E-state index >= 15 is 0 Å². The van der Waals surface area contributed by atoms with Crippen LogP contribution in [0.2, 0.25) is 0 Å². The molecule has 3 heterocycles. The summed E-state index contributed by atoms with van der Waals surface area (Å²) in [5.41, 5.74) is 1.80. The number of hydrogen-bond donors (Lipinski definition) is 1. The predicted octanol–water partition coefficient (Wildman–Crippen LogP) is 3.61. The Labute approximate surface area is 187 Å². The van der Waals surface area contributed by atoms with Crippen LogP contribution < -0.4 is 10.1 Å². The fraction of sp³-hybridized carbons (Fsp3) is 0.375. The van der Waals surface area contributed by atoms with Crippen LogP contribution in [0.15, 0.2) is 54.9 Å². The van der Waals surface area contributed by atoms with Crippen LogP contribution in [0.5, 0.6) is 5.75 Å². The number of methoxy groups -OCH3 is 1. The molecule has 4 aromatic rings. The number of benzene rings is 1. The summed E-state index contributed by atoms with van der Waals surface area (Å²) in [6.07, 6.45) is 4.67. The number of rotatable bonds is 10. The third-order valence-corrected chi connectivity index (χ3v) is 5.36. The van der Waals surface area contributed by atoms with Gasteiger partial charge in [-0.3, -0.25) is 9.20 Å². The van der Waals surface area contributed by atoms with Crippen LogP contribution in [-0.4, -0.2) is 45.4 Å². The summed E-state index contributed by atoms with van der Waals surface area (Å²) < 4.78 is 15.1. The van der Waals surface area contributed by atoms with E-state index < -0.39 is 0 Å².